The van der Waals surface area contributed by atoms with Gasteiger partial charge in [0, 0.05) is 18.7 Å². The Kier molecular flexibility index (Phi) is 2.75. The van der Waals surface area contributed by atoms with Crippen LogP contribution in [0.3, 0.4) is 0 Å². The molecule has 3 aromatic rings. The second-order valence-corrected chi connectivity index (χ2v) is 6.84. The van der Waals surface area contributed by atoms with Crippen LogP contribution in [0.4, 0.5) is 5.69 Å². The summed E-state index contributed by atoms with van der Waals surface area (Å²) in [6, 6.07) is 19.4. The zero-order valence-corrected chi connectivity index (χ0v) is 13.4. The van der Waals surface area contributed by atoms with Crippen molar-refractivity contribution in [1.29, 1.82) is 5.26 Å². The molecule has 0 aliphatic carbocycles. The van der Waals surface area contributed by atoms with Crippen molar-refractivity contribution in [3.8, 4) is 6.07 Å². The van der Waals surface area contributed by atoms with E-state index in [1.807, 2.05) is 24.3 Å². The van der Waals surface area contributed by atoms with Crippen molar-refractivity contribution >= 4 is 16.7 Å². The van der Waals surface area contributed by atoms with E-state index in [1.54, 1.807) is 0 Å². The van der Waals surface area contributed by atoms with Crippen LogP contribution in [0.2, 0.25) is 0 Å². The molecule has 0 saturated carbocycles. The number of nitriles is 1. The van der Waals surface area contributed by atoms with E-state index in [9.17, 15) is 5.26 Å². The fourth-order valence-electron chi connectivity index (χ4n) is 4.50. The van der Waals surface area contributed by atoms with Gasteiger partial charge in [0.25, 0.3) is 0 Å². The number of imidazole rings is 1. The lowest BCUT2D eigenvalue weighted by Gasteiger charge is -2.43. The van der Waals surface area contributed by atoms with Crippen molar-refractivity contribution in [3.63, 3.8) is 0 Å². The number of nitrogens with zero attached hydrogens (tertiary/aromatic N) is 3. The highest BCUT2D eigenvalue weighted by molar-refractivity contribution is 5.75. The highest BCUT2D eigenvalue weighted by atomic mass is 15.2. The molecule has 3 heterocycles. The van der Waals surface area contributed by atoms with Crippen LogP contribution in [-0.2, 0) is 11.8 Å². The van der Waals surface area contributed by atoms with Crippen molar-refractivity contribution in [2.45, 2.75) is 30.7 Å². The number of rotatable bonds is 1. The SMILES string of the molecule is N#C[C@]1(c2nc3ccccc3[nH]2)Cc2ccccc2N2CCC[C@H]21. The lowest BCUT2D eigenvalue weighted by atomic mass is 9.71. The van der Waals surface area contributed by atoms with Gasteiger partial charge in [0.1, 0.15) is 11.2 Å². The fourth-order valence-corrected chi connectivity index (χ4v) is 4.50. The van der Waals surface area contributed by atoms with Gasteiger partial charge >= 0.3 is 0 Å². The van der Waals surface area contributed by atoms with E-state index in [2.05, 4.69) is 40.2 Å². The molecular formula is C20H18N4. The summed E-state index contributed by atoms with van der Waals surface area (Å²) in [5, 5.41) is 10.3. The zero-order valence-electron chi connectivity index (χ0n) is 13.4. The number of anilines is 1. The molecule has 4 nitrogen and oxygen atoms in total. The van der Waals surface area contributed by atoms with E-state index in [4.69, 9.17) is 4.98 Å². The van der Waals surface area contributed by atoms with Crippen LogP contribution < -0.4 is 4.90 Å². The van der Waals surface area contributed by atoms with E-state index >= 15 is 0 Å². The summed E-state index contributed by atoms with van der Waals surface area (Å²) in [6.07, 6.45) is 2.89. The maximum atomic E-state index is 10.3. The van der Waals surface area contributed by atoms with Gasteiger partial charge < -0.3 is 9.88 Å². The molecule has 1 fully saturated rings. The molecule has 1 N–H and O–H groups in total. The maximum absolute atomic E-state index is 10.3. The summed E-state index contributed by atoms with van der Waals surface area (Å²) in [7, 11) is 0. The Morgan fingerprint density at radius 2 is 2.00 bits per heavy atom. The van der Waals surface area contributed by atoms with Crippen molar-refractivity contribution in [2.24, 2.45) is 0 Å². The molecule has 24 heavy (non-hydrogen) atoms. The van der Waals surface area contributed by atoms with Crippen molar-refractivity contribution < 1.29 is 0 Å². The van der Waals surface area contributed by atoms with Crippen LogP contribution in [0.1, 0.15) is 24.2 Å². The predicted octanol–water partition coefficient (Wildman–Crippen LogP) is 3.55. The largest absolute Gasteiger partial charge is 0.366 e. The van der Waals surface area contributed by atoms with E-state index in [-0.39, 0.29) is 6.04 Å². The smallest absolute Gasteiger partial charge is 0.139 e. The van der Waals surface area contributed by atoms with Crippen LogP contribution in [-0.4, -0.2) is 22.6 Å². The van der Waals surface area contributed by atoms with Gasteiger partial charge in [-0.2, -0.15) is 5.26 Å². The average molecular weight is 314 g/mol. The van der Waals surface area contributed by atoms with Crippen molar-refractivity contribution in [3.05, 3.63) is 59.9 Å². The van der Waals surface area contributed by atoms with Crippen molar-refractivity contribution in [2.75, 3.05) is 11.4 Å². The highest BCUT2D eigenvalue weighted by Crippen LogP contribution is 2.46. The van der Waals surface area contributed by atoms with E-state index in [1.165, 1.54) is 11.3 Å². The van der Waals surface area contributed by atoms with Crippen molar-refractivity contribution in [1.82, 2.24) is 9.97 Å². The number of aromatic nitrogens is 2. The molecule has 2 atom stereocenters. The third kappa shape index (κ3) is 1.70. The van der Waals surface area contributed by atoms with Gasteiger partial charge in [0.15, 0.2) is 0 Å². The Bertz CT molecular complexity index is 934. The number of fused-ring (bicyclic) bond motifs is 4. The molecule has 0 radical (unpaired) electrons. The molecule has 5 rings (SSSR count). The van der Waals surface area contributed by atoms with Crippen LogP contribution in [0, 0.1) is 11.3 Å². The molecule has 2 aromatic carbocycles. The lowest BCUT2D eigenvalue weighted by molar-refractivity contribution is 0.393. The van der Waals surface area contributed by atoms with Crippen LogP contribution in [0.15, 0.2) is 48.5 Å². The molecule has 0 unspecified atom stereocenters. The summed E-state index contributed by atoms with van der Waals surface area (Å²) in [6.45, 7) is 1.02. The maximum Gasteiger partial charge on any atom is 0.139 e. The molecule has 118 valence electrons. The average Bonchev–Trinajstić information content (AvgIpc) is 3.28. The number of nitrogens with one attached hydrogen (secondary N) is 1. The summed E-state index contributed by atoms with van der Waals surface area (Å²) in [5.74, 6) is 0.817. The second-order valence-electron chi connectivity index (χ2n) is 6.84. The molecule has 0 spiro atoms. The number of benzene rings is 2. The van der Waals surface area contributed by atoms with Gasteiger partial charge in [0.2, 0.25) is 0 Å². The quantitative estimate of drug-likeness (QED) is 0.747. The first kappa shape index (κ1) is 13.6. The molecule has 2 aliphatic heterocycles. The van der Waals surface area contributed by atoms with Gasteiger partial charge in [-0.1, -0.05) is 30.3 Å². The normalized spacial score (nSPS) is 25.3. The highest BCUT2D eigenvalue weighted by Gasteiger charge is 2.51. The topological polar surface area (TPSA) is 55.7 Å². The first-order chi connectivity index (χ1) is 11.8. The third-order valence-electron chi connectivity index (χ3n) is 5.60. The molecule has 2 aliphatic rings. The van der Waals surface area contributed by atoms with Crippen LogP contribution >= 0.6 is 0 Å². The lowest BCUT2D eigenvalue weighted by Crippen LogP contribution is -2.52. The van der Waals surface area contributed by atoms with E-state index < -0.39 is 5.41 Å². The van der Waals surface area contributed by atoms with Gasteiger partial charge in [-0.3, -0.25) is 0 Å². The molecular weight excluding hydrogens is 296 g/mol. The third-order valence-corrected chi connectivity index (χ3v) is 5.60. The van der Waals surface area contributed by atoms with Gasteiger partial charge in [-0.15, -0.1) is 0 Å². The first-order valence-corrected chi connectivity index (χ1v) is 8.53. The zero-order chi connectivity index (χ0) is 16.1. The number of aromatic amines is 1. The van der Waals surface area contributed by atoms with Crippen LogP contribution in [0.25, 0.3) is 11.0 Å². The molecule has 0 amide bonds. The minimum Gasteiger partial charge on any atom is -0.366 e. The Labute approximate surface area is 140 Å². The second kappa shape index (κ2) is 4.85. The van der Waals surface area contributed by atoms with Gasteiger partial charge in [0.05, 0.1) is 23.1 Å². The number of hydrogen-bond donors (Lipinski definition) is 1. The Hall–Kier alpha value is -2.80. The summed E-state index contributed by atoms with van der Waals surface area (Å²) < 4.78 is 0. The van der Waals surface area contributed by atoms with Gasteiger partial charge in [-0.05, 0) is 36.6 Å². The molecule has 4 heteroatoms. The minimum absolute atomic E-state index is 0.193. The number of para-hydroxylation sites is 3. The fraction of sp³-hybridized carbons (Fsp3) is 0.300. The first-order valence-electron chi connectivity index (χ1n) is 8.53. The molecule has 1 saturated heterocycles. The molecule has 0 bridgehead atoms. The predicted molar refractivity (Wildman–Crippen MR) is 93.9 cm³/mol. The Balaban J connectivity index is 1.73. The summed E-state index contributed by atoms with van der Waals surface area (Å²) in [5.41, 5.74) is 3.87. The van der Waals surface area contributed by atoms with Gasteiger partial charge in [-0.25, -0.2) is 4.98 Å². The Morgan fingerprint density at radius 3 is 2.88 bits per heavy atom. The van der Waals surface area contributed by atoms with E-state index in [0.29, 0.717) is 0 Å². The van der Waals surface area contributed by atoms with Crippen LogP contribution in [0.5, 0.6) is 0 Å². The monoisotopic (exact) mass is 314 g/mol. The summed E-state index contributed by atoms with van der Waals surface area (Å²) >= 11 is 0. The van der Waals surface area contributed by atoms with E-state index in [0.717, 1.165) is 42.7 Å². The standard InChI is InChI=1S/C20H18N4/c21-13-20(19-22-15-7-2-3-8-16(15)23-19)12-14-6-1-4-9-17(14)24-11-5-10-18(20)24/h1-4,6-9,18H,5,10-12H2,(H,22,23)/t18-,20+/m0/s1. The molecule has 1 aromatic heterocycles. The number of H-pyrrole nitrogens is 1. The Morgan fingerprint density at radius 1 is 1.17 bits per heavy atom. The number of hydrogen-bond acceptors (Lipinski definition) is 3. The summed E-state index contributed by atoms with van der Waals surface area (Å²) in [4.78, 5) is 10.7. The minimum atomic E-state index is -0.607.